The third kappa shape index (κ3) is 7.58. The van der Waals surface area contributed by atoms with Crippen LogP contribution in [0.25, 0.3) is 0 Å². The van der Waals surface area contributed by atoms with Gasteiger partial charge in [0, 0.05) is 33.6 Å². The van der Waals surface area contributed by atoms with Gasteiger partial charge in [-0.25, -0.2) is 9.98 Å². The van der Waals surface area contributed by atoms with E-state index in [1.165, 1.54) is 9.77 Å². The highest BCUT2D eigenvalue weighted by molar-refractivity contribution is 14.0. The van der Waals surface area contributed by atoms with Crippen LogP contribution in [0.15, 0.2) is 39.7 Å². The Morgan fingerprint density at radius 1 is 1.29 bits per heavy atom. The second kappa shape index (κ2) is 11.9. The number of halogens is 2. The molecule has 2 rings (SSSR count). The van der Waals surface area contributed by atoms with E-state index in [0.717, 1.165) is 35.5 Å². The van der Waals surface area contributed by atoms with Crippen LogP contribution in [0.1, 0.15) is 17.5 Å². The molecule has 2 N–H and O–H groups in total. The van der Waals surface area contributed by atoms with Gasteiger partial charge in [0.1, 0.15) is 0 Å². The van der Waals surface area contributed by atoms with E-state index in [9.17, 15) is 0 Å². The minimum atomic E-state index is 0. The summed E-state index contributed by atoms with van der Waals surface area (Å²) >= 11 is 9.33. The number of aromatic nitrogens is 1. The molecule has 0 radical (unpaired) electrons. The Bertz CT molecular complexity index is 631. The smallest absolute Gasteiger partial charge is 0.191 e. The summed E-state index contributed by atoms with van der Waals surface area (Å²) in [7, 11) is 0. The molecule has 0 saturated heterocycles. The molecule has 0 spiro atoms. The van der Waals surface area contributed by atoms with Crippen molar-refractivity contribution < 1.29 is 0 Å². The average molecular weight is 497 g/mol. The van der Waals surface area contributed by atoms with E-state index in [-0.39, 0.29) is 24.0 Å². The first-order valence-electron chi connectivity index (χ1n) is 7.48. The van der Waals surface area contributed by atoms with Crippen molar-refractivity contribution in [3.63, 3.8) is 0 Å². The lowest BCUT2D eigenvalue weighted by atomic mass is 10.4. The van der Waals surface area contributed by atoms with Crippen LogP contribution in [-0.2, 0) is 6.54 Å². The summed E-state index contributed by atoms with van der Waals surface area (Å²) in [5, 5.41) is 7.40. The van der Waals surface area contributed by atoms with Crippen LogP contribution in [-0.4, -0.2) is 29.8 Å². The minimum absolute atomic E-state index is 0. The Hall–Kier alpha value is -0.510. The number of thioether (sulfide) groups is 1. The molecule has 0 atom stereocenters. The Morgan fingerprint density at radius 2 is 2.04 bits per heavy atom. The predicted molar refractivity (Wildman–Crippen MR) is 117 cm³/mol. The Kier molecular flexibility index (Phi) is 10.7. The molecule has 1 heterocycles. The SMILES string of the molecule is CCNC(=NCc1scnc1C)NCCSc1ccc(Cl)cc1.I. The fourth-order valence-corrected chi connectivity index (χ4v) is 3.43. The minimum Gasteiger partial charge on any atom is -0.357 e. The van der Waals surface area contributed by atoms with Crippen LogP contribution >= 0.6 is 58.7 Å². The van der Waals surface area contributed by atoms with Gasteiger partial charge in [0.2, 0.25) is 0 Å². The Labute approximate surface area is 173 Å². The number of nitrogens with one attached hydrogen (secondary N) is 2. The molecular weight excluding hydrogens is 475 g/mol. The highest BCUT2D eigenvalue weighted by atomic mass is 127. The van der Waals surface area contributed by atoms with E-state index in [4.69, 9.17) is 11.6 Å². The van der Waals surface area contributed by atoms with Gasteiger partial charge in [0.15, 0.2) is 5.96 Å². The molecule has 4 nitrogen and oxygen atoms in total. The van der Waals surface area contributed by atoms with Crippen molar-refractivity contribution >= 4 is 64.6 Å². The summed E-state index contributed by atoms with van der Waals surface area (Å²) in [5.41, 5.74) is 2.93. The summed E-state index contributed by atoms with van der Waals surface area (Å²) in [4.78, 5) is 11.3. The van der Waals surface area contributed by atoms with E-state index in [1.54, 1.807) is 23.1 Å². The third-order valence-electron chi connectivity index (χ3n) is 3.05. The quantitative estimate of drug-likeness (QED) is 0.194. The van der Waals surface area contributed by atoms with Crippen LogP contribution in [0.5, 0.6) is 0 Å². The van der Waals surface area contributed by atoms with Gasteiger partial charge in [0.05, 0.1) is 17.7 Å². The Balaban J connectivity index is 0.00000288. The summed E-state index contributed by atoms with van der Waals surface area (Å²) in [6.45, 7) is 6.44. The van der Waals surface area contributed by atoms with Crippen molar-refractivity contribution in [3.8, 4) is 0 Å². The number of guanidine groups is 1. The van der Waals surface area contributed by atoms with Gasteiger partial charge in [-0.2, -0.15) is 0 Å². The molecule has 0 saturated carbocycles. The van der Waals surface area contributed by atoms with Crippen LogP contribution in [0.3, 0.4) is 0 Å². The average Bonchev–Trinajstić information content (AvgIpc) is 2.96. The van der Waals surface area contributed by atoms with Crippen LogP contribution in [0.4, 0.5) is 0 Å². The summed E-state index contributed by atoms with van der Waals surface area (Å²) in [6.07, 6.45) is 0. The summed E-state index contributed by atoms with van der Waals surface area (Å²) in [5.74, 6) is 1.81. The standard InChI is InChI=1S/C16H21ClN4S2.HI/c1-3-18-16(20-10-15-12(2)21-11-23-15)19-8-9-22-14-6-4-13(17)5-7-14;/h4-7,11H,3,8-10H2,1-2H3,(H2,18,19,20);1H. The van der Waals surface area contributed by atoms with Gasteiger partial charge in [-0.3, -0.25) is 0 Å². The topological polar surface area (TPSA) is 49.3 Å². The number of hydrogen-bond donors (Lipinski definition) is 2. The van der Waals surface area contributed by atoms with Crippen molar-refractivity contribution in [3.05, 3.63) is 45.4 Å². The number of benzene rings is 1. The molecule has 132 valence electrons. The second-order valence-corrected chi connectivity index (χ2v) is 7.33. The fourth-order valence-electron chi connectivity index (χ4n) is 1.84. The maximum atomic E-state index is 5.89. The van der Waals surface area contributed by atoms with Gasteiger partial charge in [-0.1, -0.05) is 11.6 Å². The zero-order chi connectivity index (χ0) is 16.5. The number of aryl methyl sites for hydroxylation is 1. The number of nitrogens with zero attached hydrogens (tertiary/aromatic N) is 2. The lowest BCUT2D eigenvalue weighted by molar-refractivity contribution is 0.843. The molecule has 24 heavy (non-hydrogen) atoms. The highest BCUT2D eigenvalue weighted by Gasteiger charge is 2.02. The maximum absolute atomic E-state index is 5.89. The first-order chi connectivity index (χ1) is 11.2. The third-order valence-corrected chi connectivity index (χ3v) is 5.23. The molecular formula is C16H22ClIN4S2. The molecule has 0 fully saturated rings. The van der Waals surface area contributed by atoms with Crippen molar-refractivity contribution in [1.29, 1.82) is 0 Å². The van der Waals surface area contributed by atoms with Crippen molar-refractivity contribution in [2.24, 2.45) is 4.99 Å². The van der Waals surface area contributed by atoms with Gasteiger partial charge < -0.3 is 10.6 Å². The molecule has 1 aromatic carbocycles. The van der Waals surface area contributed by atoms with Crippen LogP contribution < -0.4 is 10.6 Å². The van der Waals surface area contributed by atoms with E-state index >= 15 is 0 Å². The largest absolute Gasteiger partial charge is 0.357 e. The number of aliphatic imine (C=N–C) groups is 1. The van der Waals surface area contributed by atoms with Gasteiger partial charge in [-0.05, 0) is 38.1 Å². The molecule has 0 aliphatic heterocycles. The first-order valence-corrected chi connectivity index (χ1v) is 9.73. The fraction of sp³-hybridized carbons (Fsp3) is 0.375. The number of thiazole rings is 1. The predicted octanol–water partition coefficient (Wildman–Crippen LogP) is 4.57. The molecule has 0 aliphatic rings. The lowest BCUT2D eigenvalue weighted by Crippen LogP contribution is -2.38. The lowest BCUT2D eigenvalue weighted by Gasteiger charge is -2.11. The molecule has 0 aliphatic carbocycles. The van der Waals surface area contributed by atoms with Crippen LogP contribution in [0.2, 0.25) is 5.02 Å². The normalized spacial score (nSPS) is 11.0. The molecule has 1 aromatic heterocycles. The maximum Gasteiger partial charge on any atom is 0.191 e. The van der Waals surface area contributed by atoms with Crippen LogP contribution in [0, 0.1) is 6.92 Å². The van der Waals surface area contributed by atoms with Gasteiger partial charge in [-0.15, -0.1) is 47.1 Å². The van der Waals surface area contributed by atoms with Crippen molar-refractivity contribution in [1.82, 2.24) is 15.6 Å². The Morgan fingerprint density at radius 3 is 2.67 bits per heavy atom. The molecule has 0 amide bonds. The zero-order valence-electron chi connectivity index (χ0n) is 13.7. The zero-order valence-corrected chi connectivity index (χ0v) is 18.4. The molecule has 8 heteroatoms. The van der Waals surface area contributed by atoms with Gasteiger partial charge in [0.25, 0.3) is 0 Å². The van der Waals surface area contributed by atoms with E-state index in [2.05, 4.69) is 27.5 Å². The van der Waals surface area contributed by atoms with E-state index < -0.39 is 0 Å². The van der Waals surface area contributed by atoms with E-state index in [0.29, 0.717) is 6.54 Å². The highest BCUT2D eigenvalue weighted by Crippen LogP contribution is 2.19. The van der Waals surface area contributed by atoms with Gasteiger partial charge >= 0.3 is 0 Å². The number of hydrogen-bond acceptors (Lipinski definition) is 4. The van der Waals surface area contributed by atoms with E-state index in [1.807, 2.05) is 36.7 Å². The molecule has 2 aromatic rings. The number of rotatable bonds is 7. The second-order valence-electron chi connectivity index (χ2n) is 4.79. The monoisotopic (exact) mass is 496 g/mol. The molecule has 0 unspecified atom stereocenters. The summed E-state index contributed by atoms with van der Waals surface area (Å²) in [6, 6.07) is 7.91. The summed E-state index contributed by atoms with van der Waals surface area (Å²) < 4.78 is 0. The first kappa shape index (κ1) is 21.5. The van der Waals surface area contributed by atoms with Crippen molar-refractivity contribution in [2.45, 2.75) is 25.3 Å². The molecule has 0 bridgehead atoms. The van der Waals surface area contributed by atoms with Crippen molar-refractivity contribution in [2.75, 3.05) is 18.8 Å².